The van der Waals surface area contributed by atoms with Gasteiger partial charge in [-0.2, -0.15) is 0 Å². The van der Waals surface area contributed by atoms with Crippen molar-refractivity contribution in [2.45, 2.75) is 60.3 Å². The number of carboxylic acid groups (broad SMARTS) is 1. The maximum atomic E-state index is 10.5. The maximum absolute atomic E-state index is 10.5. The molecule has 0 amide bonds. The fraction of sp³-hybridized carbons (Fsp3) is 0.476. The van der Waals surface area contributed by atoms with E-state index in [2.05, 4.69) is 45.9 Å². The minimum atomic E-state index is -0.800. The molecule has 0 unspecified atom stereocenters. The Bertz CT molecular complexity index is 581. The zero-order valence-electron chi connectivity index (χ0n) is 15.1. The summed E-state index contributed by atoms with van der Waals surface area (Å²) in [5, 5.41) is 8.64. The number of hydrogen-bond donors (Lipinski definition) is 1. The van der Waals surface area contributed by atoms with Gasteiger partial charge in [-0.05, 0) is 51.0 Å². The molecule has 1 N–H and O–H groups in total. The highest BCUT2D eigenvalue weighted by atomic mass is 16.4. The SMILES string of the molecule is CC1=C(/C=C/C(C)=C/C=C/C(C)=C/CC(=O)O)C(C)(C)CCC1. The minimum absolute atomic E-state index is 0.0707. The molecule has 23 heavy (non-hydrogen) atoms. The first-order valence-corrected chi connectivity index (χ1v) is 8.34. The zero-order chi connectivity index (χ0) is 17.5. The van der Waals surface area contributed by atoms with E-state index in [0.717, 1.165) is 5.57 Å². The van der Waals surface area contributed by atoms with E-state index in [4.69, 9.17) is 5.11 Å². The van der Waals surface area contributed by atoms with Crippen molar-refractivity contribution in [1.82, 2.24) is 0 Å². The summed E-state index contributed by atoms with van der Waals surface area (Å²) in [6.45, 7) is 10.9. The monoisotopic (exact) mass is 314 g/mol. The number of hydrogen-bond acceptors (Lipinski definition) is 1. The lowest BCUT2D eigenvalue weighted by Crippen LogP contribution is -2.19. The number of rotatable bonds is 6. The van der Waals surface area contributed by atoms with Gasteiger partial charge in [0, 0.05) is 0 Å². The molecule has 0 aliphatic heterocycles. The van der Waals surface area contributed by atoms with Crippen LogP contribution >= 0.6 is 0 Å². The Morgan fingerprint density at radius 2 is 1.91 bits per heavy atom. The first kappa shape index (κ1) is 19.2. The second kappa shape index (κ2) is 8.71. The molecular formula is C21H30O2. The van der Waals surface area contributed by atoms with Gasteiger partial charge in [-0.1, -0.05) is 67.0 Å². The van der Waals surface area contributed by atoms with E-state index in [9.17, 15) is 4.79 Å². The third-order valence-corrected chi connectivity index (χ3v) is 4.37. The first-order valence-electron chi connectivity index (χ1n) is 8.34. The summed E-state index contributed by atoms with van der Waals surface area (Å²) in [7, 11) is 0. The van der Waals surface area contributed by atoms with E-state index in [-0.39, 0.29) is 11.8 Å². The fourth-order valence-corrected chi connectivity index (χ4v) is 2.95. The van der Waals surface area contributed by atoms with Crippen LogP contribution in [0.4, 0.5) is 0 Å². The van der Waals surface area contributed by atoms with Crippen molar-refractivity contribution in [2.24, 2.45) is 5.41 Å². The molecule has 0 bridgehead atoms. The predicted molar refractivity (Wildman–Crippen MR) is 98.4 cm³/mol. The Balaban J connectivity index is 2.73. The first-order chi connectivity index (χ1) is 10.7. The number of aliphatic carboxylic acids is 1. The van der Waals surface area contributed by atoms with Crippen LogP contribution in [0, 0.1) is 5.41 Å². The highest BCUT2D eigenvalue weighted by Crippen LogP contribution is 2.40. The van der Waals surface area contributed by atoms with Crippen molar-refractivity contribution in [3.05, 3.63) is 58.7 Å². The molecule has 0 saturated heterocycles. The van der Waals surface area contributed by atoms with Crippen LogP contribution in [-0.2, 0) is 4.79 Å². The highest BCUT2D eigenvalue weighted by Gasteiger charge is 2.26. The molecule has 0 atom stereocenters. The molecule has 0 spiro atoms. The van der Waals surface area contributed by atoms with E-state index in [1.165, 1.54) is 36.0 Å². The molecule has 0 aromatic carbocycles. The Morgan fingerprint density at radius 1 is 1.22 bits per heavy atom. The van der Waals surface area contributed by atoms with Crippen molar-refractivity contribution in [2.75, 3.05) is 0 Å². The predicted octanol–water partition coefficient (Wildman–Crippen LogP) is 5.99. The van der Waals surface area contributed by atoms with E-state index in [0.29, 0.717) is 0 Å². The molecular weight excluding hydrogens is 284 g/mol. The van der Waals surface area contributed by atoms with Crippen LogP contribution in [0.2, 0.25) is 0 Å². The molecule has 2 nitrogen and oxygen atoms in total. The van der Waals surface area contributed by atoms with Gasteiger partial charge in [0.05, 0.1) is 6.42 Å². The van der Waals surface area contributed by atoms with Gasteiger partial charge in [0.15, 0.2) is 0 Å². The van der Waals surface area contributed by atoms with Crippen LogP contribution in [0.25, 0.3) is 0 Å². The van der Waals surface area contributed by atoms with Crippen molar-refractivity contribution in [3.63, 3.8) is 0 Å². The van der Waals surface area contributed by atoms with E-state index in [1.54, 1.807) is 6.08 Å². The third-order valence-electron chi connectivity index (χ3n) is 4.37. The Hall–Kier alpha value is -1.83. The largest absolute Gasteiger partial charge is 0.481 e. The number of allylic oxidation sites excluding steroid dienone is 9. The van der Waals surface area contributed by atoms with Crippen LogP contribution in [0.3, 0.4) is 0 Å². The van der Waals surface area contributed by atoms with Crippen molar-refractivity contribution >= 4 is 5.97 Å². The lowest BCUT2D eigenvalue weighted by atomic mass is 9.72. The summed E-state index contributed by atoms with van der Waals surface area (Å²) in [6.07, 6.45) is 15.9. The molecule has 0 heterocycles. The zero-order valence-corrected chi connectivity index (χ0v) is 15.1. The lowest BCUT2D eigenvalue weighted by Gasteiger charge is -2.32. The molecule has 0 radical (unpaired) electrons. The van der Waals surface area contributed by atoms with Gasteiger partial charge in [0.25, 0.3) is 0 Å². The molecule has 126 valence electrons. The van der Waals surface area contributed by atoms with Crippen LogP contribution in [-0.4, -0.2) is 11.1 Å². The van der Waals surface area contributed by atoms with E-state index < -0.39 is 5.97 Å². The molecule has 0 aromatic heterocycles. The fourth-order valence-electron chi connectivity index (χ4n) is 2.95. The quantitative estimate of drug-likeness (QED) is 0.611. The van der Waals surface area contributed by atoms with Crippen LogP contribution in [0.15, 0.2) is 58.7 Å². The Morgan fingerprint density at radius 3 is 2.52 bits per heavy atom. The number of carbonyl (C=O) groups is 1. The Kier molecular flexibility index (Phi) is 7.28. The van der Waals surface area contributed by atoms with Crippen LogP contribution in [0.1, 0.15) is 60.3 Å². The van der Waals surface area contributed by atoms with Gasteiger partial charge < -0.3 is 5.11 Å². The molecule has 2 heteroatoms. The van der Waals surface area contributed by atoms with Gasteiger partial charge in [0.1, 0.15) is 0 Å². The topological polar surface area (TPSA) is 37.3 Å². The second-order valence-electron chi connectivity index (χ2n) is 7.08. The summed E-state index contributed by atoms with van der Waals surface area (Å²) < 4.78 is 0. The van der Waals surface area contributed by atoms with Crippen molar-refractivity contribution < 1.29 is 9.90 Å². The minimum Gasteiger partial charge on any atom is -0.481 e. The number of carboxylic acids is 1. The van der Waals surface area contributed by atoms with Crippen LogP contribution in [0.5, 0.6) is 0 Å². The van der Waals surface area contributed by atoms with Crippen molar-refractivity contribution in [3.8, 4) is 0 Å². The molecule has 0 saturated carbocycles. The second-order valence-corrected chi connectivity index (χ2v) is 7.08. The Labute approximate surface area is 141 Å². The highest BCUT2D eigenvalue weighted by molar-refractivity contribution is 5.68. The molecule has 0 aromatic rings. The summed E-state index contributed by atoms with van der Waals surface area (Å²) >= 11 is 0. The van der Waals surface area contributed by atoms with Gasteiger partial charge >= 0.3 is 5.97 Å². The van der Waals surface area contributed by atoms with E-state index >= 15 is 0 Å². The summed E-state index contributed by atoms with van der Waals surface area (Å²) in [4.78, 5) is 10.5. The standard InChI is InChI=1S/C21H30O2/c1-16(8-6-9-17(2)12-14-20(22)23)11-13-19-18(3)10-7-15-21(19,4)5/h6,8-9,11-13H,7,10,14-15H2,1-5H3,(H,22,23)/b9-6+,13-11+,16-8+,17-12+. The van der Waals surface area contributed by atoms with Gasteiger partial charge in [0.2, 0.25) is 0 Å². The lowest BCUT2D eigenvalue weighted by molar-refractivity contribution is -0.136. The normalized spacial score (nSPS) is 19.9. The third kappa shape index (κ3) is 6.85. The average Bonchev–Trinajstić information content (AvgIpc) is 2.44. The maximum Gasteiger partial charge on any atom is 0.307 e. The van der Waals surface area contributed by atoms with Crippen LogP contribution < -0.4 is 0 Å². The average molecular weight is 314 g/mol. The smallest absolute Gasteiger partial charge is 0.307 e. The summed E-state index contributed by atoms with van der Waals surface area (Å²) in [5.74, 6) is -0.800. The van der Waals surface area contributed by atoms with Gasteiger partial charge in [-0.25, -0.2) is 0 Å². The summed E-state index contributed by atoms with van der Waals surface area (Å²) in [6, 6.07) is 0. The van der Waals surface area contributed by atoms with Crippen molar-refractivity contribution in [1.29, 1.82) is 0 Å². The molecule has 0 fully saturated rings. The van der Waals surface area contributed by atoms with Gasteiger partial charge in [-0.15, -0.1) is 0 Å². The molecule has 1 rings (SSSR count). The molecule has 1 aliphatic rings. The van der Waals surface area contributed by atoms with Gasteiger partial charge in [-0.3, -0.25) is 4.79 Å². The summed E-state index contributed by atoms with van der Waals surface area (Å²) in [5.41, 5.74) is 5.40. The molecule has 1 aliphatic carbocycles. The van der Waals surface area contributed by atoms with E-state index in [1.807, 2.05) is 19.1 Å².